The van der Waals surface area contributed by atoms with E-state index in [1.165, 1.54) is 43.2 Å². The topological polar surface area (TPSA) is 65.0 Å². The highest BCUT2D eigenvalue weighted by Crippen LogP contribution is 2.35. The minimum Gasteiger partial charge on any atom is -0.493 e. The van der Waals surface area contributed by atoms with Gasteiger partial charge >= 0.3 is 5.97 Å². The maximum Gasteiger partial charge on any atom is 0.339 e. The monoisotopic (exact) mass is 454 g/mol. The standard InChI is InChI=1S/C28H38O5/c1-3-10-23-19-22(21-11-6-5-7-12-21)15-16-26(23)33-18-9-17-32-25-14-8-13-24(20-25)27(29)28(30)31-4-2/h8,13-16,19-21,27,29H,3-7,9-12,17-18H2,1-2H3. The van der Waals surface area contributed by atoms with Gasteiger partial charge in [-0.2, -0.15) is 0 Å². The summed E-state index contributed by atoms with van der Waals surface area (Å²) in [5.74, 6) is 1.64. The molecule has 5 heteroatoms. The summed E-state index contributed by atoms with van der Waals surface area (Å²) in [6, 6.07) is 13.7. The van der Waals surface area contributed by atoms with Crippen LogP contribution in [-0.2, 0) is 16.0 Å². The smallest absolute Gasteiger partial charge is 0.339 e. The number of rotatable bonds is 12. The van der Waals surface area contributed by atoms with E-state index in [0.717, 1.165) is 25.0 Å². The van der Waals surface area contributed by atoms with Crippen LogP contribution in [0.15, 0.2) is 42.5 Å². The van der Waals surface area contributed by atoms with Crippen LogP contribution >= 0.6 is 0 Å². The third-order valence-corrected chi connectivity index (χ3v) is 6.18. The molecule has 1 saturated carbocycles. The largest absolute Gasteiger partial charge is 0.493 e. The first kappa shape index (κ1) is 25.1. The molecular formula is C28H38O5. The Labute approximate surface area is 198 Å². The Kier molecular flexibility index (Phi) is 10.1. The van der Waals surface area contributed by atoms with Gasteiger partial charge in [-0.3, -0.25) is 0 Å². The fraction of sp³-hybridized carbons (Fsp3) is 0.536. The number of hydrogen-bond acceptors (Lipinski definition) is 5. The Bertz CT molecular complexity index is 872. The molecule has 1 N–H and O–H groups in total. The molecular weight excluding hydrogens is 416 g/mol. The molecule has 5 nitrogen and oxygen atoms in total. The number of aryl methyl sites for hydroxylation is 1. The minimum absolute atomic E-state index is 0.232. The lowest BCUT2D eigenvalue weighted by molar-refractivity contribution is -0.153. The van der Waals surface area contributed by atoms with Gasteiger partial charge < -0.3 is 19.3 Å². The fourth-order valence-corrected chi connectivity index (χ4v) is 4.46. The van der Waals surface area contributed by atoms with Gasteiger partial charge in [0.15, 0.2) is 6.10 Å². The van der Waals surface area contributed by atoms with E-state index in [-0.39, 0.29) is 6.61 Å². The second-order valence-electron chi connectivity index (χ2n) is 8.73. The normalized spacial score (nSPS) is 15.1. The van der Waals surface area contributed by atoms with Crippen LogP contribution in [0.3, 0.4) is 0 Å². The Hall–Kier alpha value is -2.53. The molecule has 1 fully saturated rings. The summed E-state index contributed by atoms with van der Waals surface area (Å²) < 4.78 is 16.8. The van der Waals surface area contributed by atoms with E-state index >= 15 is 0 Å². The zero-order valence-electron chi connectivity index (χ0n) is 20.1. The van der Waals surface area contributed by atoms with Crippen molar-refractivity contribution in [2.45, 2.75) is 77.2 Å². The van der Waals surface area contributed by atoms with Gasteiger partial charge in [0, 0.05) is 6.42 Å². The molecule has 3 rings (SSSR count). The maximum absolute atomic E-state index is 11.7. The van der Waals surface area contributed by atoms with Gasteiger partial charge in [0.1, 0.15) is 11.5 Å². The molecule has 0 aliphatic heterocycles. The molecule has 0 amide bonds. The van der Waals surface area contributed by atoms with Crippen molar-refractivity contribution >= 4 is 5.97 Å². The van der Waals surface area contributed by atoms with E-state index in [9.17, 15) is 9.90 Å². The lowest BCUT2D eigenvalue weighted by atomic mass is 9.83. The SMILES string of the molecule is CCCc1cc(C2CCCCC2)ccc1OCCCOc1cccc(C(O)C(=O)OCC)c1. The summed E-state index contributed by atoms with van der Waals surface area (Å²) in [6.45, 7) is 5.21. The Morgan fingerprint density at radius 3 is 2.58 bits per heavy atom. The summed E-state index contributed by atoms with van der Waals surface area (Å²) in [4.78, 5) is 11.7. The van der Waals surface area contributed by atoms with E-state index in [4.69, 9.17) is 14.2 Å². The Morgan fingerprint density at radius 2 is 1.82 bits per heavy atom. The van der Waals surface area contributed by atoms with Gasteiger partial charge in [-0.25, -0.2) is 4.79 Å². The minimum atomic E-state index is -1.30. The molecule has 0 radical (unpaired) electrons. The number of aliphatic hydroxyl groups is 1. The van der Waals surface area contributed by atoms with Crippen LogP contribution in [0.25, 0.3) is 0 Å². The molecule has 0 saturated heterocycles. The van der Waals surface area contributed by atoms with E-state index in [1.807, 2.05) is 6.07 Å². The maximum atomic E-state index is 11.7. The molecule has 180 valence electrons. The number of aliphatic hydroxyl groups excluding tert-OH is 1. The summed E-state index contributed by atoms with van der Waals surface area (Å²) >= 11 is 0. The molecule has 1 aliphatic carbocycles. The van der Waals surface area contributed by atoms with Crippen molar-refractivity contribution in [2.24, 2.45) is 0 Å². The molecule has 2 aromatic rings. The van der Waals surface area contributed by atoms with Crippen molar-refractivity contribution < 1.29 is 24.1 Å². The van der Waals surface area contributed by atoms with Gasteiger partial charge in [0.2, 0.25) is 0 Å². The van der Waals surface area contributed by atoms with Crippen LogP contribution in [0.2, 0.25) is 0 Å². The zero-order chi connectivity index (χ0) is 23.5. The van der Waals surface area contributed by atoms with Gasteiger partial charge in [0.05, 0.1) is 19.8 Å². The van der Waals surface area contributed by atoms with Gasteiger partial charge in [-0.05, 0) is 67.0 Å². The van der Waals surface area contributed by atoms with E-state index in [2.05, 4.69) is 25.1 Å². The number of esters is 1. The molecule has 1 atom stereocenters. The average molecular weight is 455 g/mol. The Balaban J connectivity index is 1.48. The van der Waals surface area contributed by atoms with Crippen LogP contribution < -0.4 is 9.47 Å². The van der Waals surface area contributed by atoms with Crippen molar-refractivity contribution in [3.63, 3.8) is 0 Å². The lowest BCUT2D eigenvalue weighted by Gasteiger charge is -2.23. The summed E-state index contributed by atoms with van der Waals surface area (Å²) in [5, 5.41) is 10.1. The summed E-state index contributed by atoms with van der Waals surface area (Å²) in [5.41, 5.74) is 3.24. The molecule has 33 heavy (non-hydrogen) atoms. The van der Waals surface area contributed by atoms with Crippen LogP contribution in [0.4, 0.5) is 0 Å². The molecule has 2 aromatic carbocycles. The second kappa shape index (κ2) is 13.2. The molecule has 1 unspecified atom stereocenters. The van der Waals surface area contributed by atoms with E-state index < -0.39 is 12.1 Å². The molecule has 1 aliphatic rings. The van der Waals surface area contributed by atoms with Crippen LogP contribution in [0.1, 0.15) is 87.5 Å². The van der Waals surface area contributed by atoms with E-state index in [1.54, 1.807) is 25.1 Å². The van der Waals surface area contributed by atoms with Gasteiger partial charge in [-0.1, -0.05) is 56.9 Å². The Morgan fingerprint density at radius 1 is 1.03 bits per heavy atom. The average Bonchev–Trinajstić information content (AvgIpc) is 2.85. The number of ether oxygens (including phenoxy) is 3. The van der Waals surface area contributed by atoms with Crippen molar-refractivity contribution in [3.8, 4) is 11.5 Å². The van der Waals surface area contributed by atoms with Crippen molar-refractivity contribution in [2.75, 3.05) is 19.8 Å². The highest BCUT2D eigenvalue weighted by molar-refractivity contribution is 5.76. The first-order valence-electron chi connectivity index (χ1n) is 12.5. The first-order valence-corrected chi connectivity index (χ1v) is 12.5. The van der Waals surface area contributed by atoms with Crippen LogP contribution in [0, 0.1) is 0 Å². The van der Waals surface area contributed by atoms with Gasteiger partial charge in [-0.15, -0.1) is 0 Å². The lowest BCUT2D eigenvalue weighted by Crippen LogP contribution is -2.15. The third-order valence-electron chi connectivity index (χ3n) is 6.18. The summed E-state index contributed by atoms with van der Waals surface area (Å²) in [6.07, 6.45) is 8.24. The zero-order valence-corrected chi connectivity index (χ0v) is 20.1. The van der Waals surface area contributed by atoms with Gasteiger partial charge in [0.25, 0.3) is 0 Å². The number of carbonyl (C=O) groups excluding carboxylic acids is 1. The van der Waals surface area contributed by atoms with Crippen molar-refractivity contribution in [1.82, 2.24) is 0 Å². The van der Waals surface area contributed by atoms with Crippen LogP contribution in [-0.4, -0.2) is 30.9 Å². The highest BCUT2D eigenvalue weighted by atomic mass is 16.5. The second-order valence-corrected chi connectivity index (χ2v) is 8.73. The van der Waals surface area contributed by atoms with E-state index in [0.29, 0.717) is 30.4 Å². The molecule has 0 bridgehead atoms. The number of benzene rings is 2. The number of hydrogen-bond donors (Lipinski definition) is 1. The predicted molar refractivity (Wildman–Crippen MR) is 130 cm³/mol. The fourth-order valence-electron chi connectivity index (χ4n) is 4.46. The van der Waals surface area contributed by atoms with Crippen LogP contribution in [0.5, 0.6) is 11.5 Å². The third kappa shape index (κ3) is 7.50. The predicted octanol–water partition coefficient (Wildman–Crippen LogP) is 6.13. The molecule has 0 aromatic heterocycles. The summed E-state index contributed by atoms with van der Waals surface area (Å²) in [7, 11) is 0. The molecule has 0 heterocycles. The number of carbonyl (C=O) groups is 1. The molecule has 0 spiro atoms. The van der Waals surface area contributed by atoms with Crippen molar-refractivity contribution in [3.05, 3.63) is 59.2 Å². The van der Waals surface area contributed by atoms with Crippen molar-refractivity contribution in [1.29, 1.82) is 0 Å². The quantitative estimate of drug-likeness (QED) is 0.309. The first-order chi connectivity index (χ1) is 16.1. The highest BCUT2D eigenvalue weighted by Gasteiger charge is 2.19.